The minimum atomic E-state index is 0.483. The molecule has 3 N–H and O–H groups in total. The zero-order chi connectivity index (χ0) is 13.5. The fraction of sp³-hybridized carbons (Fsp3) is 0.600. The SMILES string of the molecule is COc1cc(C)c(CCNCCN)cc1C(C)C. The smallest absolute Gasteiger partial charge is 0.122 e. The highest BCUT2D eigenvalue weighted by atomic mass is 16.5. The number of hydrogen-bond donors (Lipinski definition) is 2. The second kappa shape index (κ2) is 7.39. The van der Waals surface area contributed by atoms with Gasteiger partial charge in [0.15, 0.2) is 0 Å². The Balaban J connectivity index is 2.81. The fourth-order valence-electron chi connectivity index (χ4n) is 2.09. The molecular formula is C15H26N2O. The third-order valence-electron chi connectivity index (χ3n) is 3.20. The van der Waals surface area contributed by atoms with Gasteiger partial charge in [-0.15, -0.1) is 0 Å². The molecule has 0 heterocycles. The summed E-state index contributed by atoms with van der Waals surface area (Å²) in [5, 5.41) is 3.33. The van der Waals surface area contributed by atoms with Crippen LogP contribution in [0.5, 0.6) is 5.75 Å². The van der Waals surface area contributed by atoms with Crippen LogP contribution in [0, 0.1) is 6.92 Å². The monoisotopic (exact) mass is 250 g/mol. The molecule has 0 spiro atoms. The first-order chi connectivity index (χ1) is 8.60. The molecule has 18 heavy (non-hydrogen) atoms. The summed E-state index contributed by atoms with van der Waals surface area (Å²) in [7, 11) is 1.74. The quantitative estimate of drug-likeness (QED) is 0.729. The van der Waals surface area contributed by atoms with E-state index in [0.29, 0.717) is 12.5 Å². The van der Waals surface area contributed by atoms with Gasteiger partial charge in [-0.05, 0) is 48.6 Å². The van der Waals surface area contributed by atoms with Crippen LogP contribution in [0.1, 0.15) is 36.5 Å². The molecule has 0 amide bonds. The molecule has 0 saturated carbocycles. The standard InChI is InChI=1S/C15H26N2O/c1-11(2)14-10-13(5-7-17-8-6-16)12(3)9-15(14)18-4/h9-11,17H,5-8,16H2,1-4H3. The van der Waals surface area contributed by atoms with E-state index in [4.69, 9.17) is 10.5 Å². The molecular weight excluding hydrogens is 224 g/mol. The van der Waals surface area contributed by atoms with Crippen LogP contribution in [-0.4, -0.2) is 26.7 Å². The second-order valence-corrected chi connectivity index (χ2v) is 4.96. The van der Waals surface area contributed by atoms with E-state index >= 15 is 0 Å². The van der Waals surface area contributed by atoms with Gasteiger partial charge in [-0.25, -0.2) is 0 Å². The molecule has 0 atom stereocenters. The van der Waals surface area contributed by atoms with Gasteiger partial charge >= 0.3 is 0 Å². The molecule has 102 valence electrons. The van der Waals surface area contributed by atoms with Crippen LogP contribution in [0.15, 0.2) is 12.1 Å². The van der Waals surface area contributed by atoms with Gasteiger partial charge in [0.2, 0.25) is 0 Å². The van der Waals surface area contributed by atoms with Gasteiger partial charge < -0.3 is 15.8 Å². The lowest BCUT2D eigenvalue weighted by atomic mass is 9.95. The van der Waals surface area contributed by atoms with E-state index in [2.05, 4.69) is 38.2 Å². The van der Waals surface area contributed by atoms with E-state index in [-0.39, 0.29) is 0 Å². The van der Waals surface area contributed by atoms with Crippen LogP contribution in [0.2, 0.25) is 0 Å². The summed E-state index contributed by atoms with van der Waals surface area (Å²) in [6.07, 6.45) is 1.04. The molecule has 0 aliphatic heterocycles. The molecule has 0 bridgehead atoms. The Morgan fingerprint density at radius 2 is 2.00 bits per heavy atom. The molecule has 0 unspecified atom stereocenters. The molecule has 3 heteroatoms. The van der Waals surface area contributed by atoms with E-state index in [1.807, 2.05) is 0 Å². The van der Waals surface area contributed by atoms with Crippen molar-refractivity contribution in [2.45, 2.75) is 33.1 Å². The summed E-state index contributed by atoms with van der Waals surface area (Å²) in [4.78, 5) is 0. The Hall–Kier alpha value is -1.06. The summed E-state index contributed by atoms with van der Waals surface area (Å²) < 4.78 is 5.45. The first-order valence-corrected chi connectivity index (χ1v) is 6.68. The Kier molecular flexibility index (Phi) is 6.16. The first kappa shape index (κ1) is 15.0. The van der Waals surface area contributed by atoms with Gasteiger partial charge in [0.1, 0.15) is 5.75 Å². The van der Waals surface area contributed by atoms with Gasteiger partial charge in [-0.1, -0.05) is 19.9 Å². The highest BCUT2D eigenvalue weighted by Crippen LogP contribution is 2.29. The van der Waals surface area contributed by atoms with Gasteiger partial charge in [-0.2, -0.15) is 0 Å². The third kappa shape index (κ3) is 4.00. The highest BCUT2D eigenvalue weighted by molar-refractivity contribution is 5.44. The molecule has 3 nitrogen and oxygen atoms in total. The lowest BCUT2D eigenvalue weighted by Crippen LogP contribution is -2.24. The van der Waals surface area contributed by atoms with Crippen molar-refractivity contribution < 1.29 is 4.74 Å². The third-order valence-corrected chi connectivity index (χ3v) is 3.20. The maximum atomic E-state index is 5.46. The van der Waals surface area contributed by atoms with Gasteiger partial charge in [0.05, 0.1) is 7.11 Å². The predicted molar refractivity (Wildman–Crippen MR) is 77.4 cm³/mol. The number of nitrogens with two attached hydrogens (primary N) is 1. The minimum absolute atomic E-state index is 0.483. The van der Waals surface area contributed by atoms with Gasteiger partial charge in [0.25, 0.3) is 0 Å². The topological polar surface area (TPSA) is 47.3 Å². The number of aryl methyl sites for hydroxylation is 1. The number of nitrogens with one attached hydrogen (secondary N) is 1. The van der Waals surface area contributed by atoms with Crippen molar-refractivity contribution >= 4 is 0 Å². The number of methoxy groups -OCH3 is 1. The molecule has 1 aromatic carbocycles. The molecule has 0 aromatic heterocycles. The largest absolute Gasteiger partial charge is 0.496 e. The molecule has 0 saturated heterocycles. The van der Waals surface area contributed by atoms with Crippen LogP contribution in [0.25, 0.3) is 0 Å². The minimum Gasteiger partial charge on any atom is -0.496 e. The Bertz CT molecular complexity index is 375. The van der Waals surface area contributed by atoms with Crippen LogP contribution in [0.3, 0.4) is 0 Å². The number of benzene rings is 1. The Morgan fingerprint density at radius 3 is 2.56 bits per heavy atom. The lowest BCUT2D eigenvalue weighted by Gasteiger charge is -2.16. The van der Waals surface area contributed by atoms with Crippen molar-refractivity contribution in [1.29, 1.82) is 0 Å². The summed E-state index contributed by atoms with van der Waals surface area (Å²) >= 11 is 0. The summed E-state index contributed by atoms with van der Waals surface area (Å²) in [6, 6.07) is 4.43. The van der Waals surface area contributed by atoms with E-state index in [0.717, 1.165) is 25.3 Å². The van der Waals surface area contributed by atoms with Crippen molar-refractivity contribution in [1.82, 2.24) is 5.32 Å². The molecule has 0 fully saturated rings. The van der Waals surface area contributed by atoms with Gasteiger partial charge in [0, 0.05) is 13.1 Å². The normalized spacial score (nSPS) is 11.0. The van der Waals surface area contributed by atoms with E-state index in [1.165, 1.54) is 16.7 Å². The number of hydrogen-bond acceptors (Lipinski definition) is 3. The van der Waals surface area contributed by atoms with Crippen LogP contribution >= 0.6 is 0 Å². The zero-order valence-electron chi connectivity index (χ0n) is 12.0. The van der Waals surface area contributed by atoms with Crippen molar-refractivity contribution in [3.05, 3.63) is 28.8 Å². The average Bonchev–Trinajstić information content (AvgIpc) is 2.35. The van der Waals surface area contributed by atoms with Crippen molar-refractivity contribution in [3.63, 3.8) is 0 Å². The van der Waals surface area contributed by atoms with Crippen molar-refractivity contribution in [3.8, 4) is 5.75 Å². The maximum Gasteiger partial charge on any atom is 0.122 e. The summed E-state index contributed by atoms with van der Waals surface area (Å²) in [5.41, 5.74) is 9.44. The summed E-state index contributed by atoms with van der Waals surface area (Å²) in [6.45, 7) is 9.09. The molecule has 1 rings (SSSR count). The molecule has 1 aromatic rings. The zero-order valence-corrected chi connectivity index (χ0v) is 12.0. The van der Waals surface area contributed by atoms with Crippen molar-refractivity contribution in [2.24, 2.45) is 5.73 Å². The van der Waals surface area contributed by atoms with E-state index in [1.54, 1.807) is 7.11 Å². The molecule has 0 aliphatic carbocycles. The fourth-order valence-corrected chi connectivity index (χ4v) is 2.09. The van der Waals surface area contributed by atoms with Crippen LogP contribution in [0.4, 0.5) is 0 Å². The first-order valence-electron chi connectivity index (χ1n) is 6.68. The van der Waals surface area contributed by atoms with Crippen LogP contribution in [-0.2, 0) is 6.42 Å². The maximum absolute atomic E-state index is 5.46. The van der Waals surface area contributed by atoms with E-state index < -0.39 is 0 Å². The number of rotatable bonds is 7. The predicted octanol–water partition coefficient (Wildman–Crippen LogP) is 2.22. The highest BCUT2D eigenvalue weighted by Gasteiger charge is 2.10. The Morgan fingerprint density at radius 1 is 1.28 bits per heavy atom. The van der Waals surface area contributed by atoms with Crippen LogP contribution < -0.4 is 15.8 Å². The average molecular weight is 250 g/mol. The number of ether oxygens (including phenoxy) is 1. The van der Waals surface area contributed by atoms with E-state index in [9.17, 15) is 0 Å². The Labute approximate surface area is 111 Å². The summed E-state index contributed by atoms with van der Waals surface area (Å²) in [5.74, 6) is 1.48. The van der Waals surface area contributed by atoms with Gasteiger partial charge in [-0.3, -0.25) is 0 Å². The van der Waals surface area contributed by atoms with Crippen molar-refractivity contribution in [2.75, 3.05) is 26.7 Å². The second-order valence-electron chi connectivity index (χ2n) is 4.96. The molecule has 0 aliphatic rings. The molecule has 0 radical (unpaired) electrons. The lowest BCUT2D eigenvalue weighted by molar-refractivity contribution is 0.407.